The topological polar surface area (TPSA) is 25.4 Å². The number of fused-ring (bicyclic) bond motifs is 1. The molecule has 0 saturated heterocycles. The lowest BCUT2D eigenvalue weighted by molar-refractivity contribution is 0.326. The van der Waals surface area contributed by atoms with Crippen LogP contribution in [0.15, 0.2) is 54.6 Å². The number of nitrogens with zero attached hydrogens (tertiary/aromatic N) is 2. The molecule has 0 aliphatic rings. The van der Waals surface area contributed by atoms with Gasteiger partial charge in [0, 0.05) is 7.05 Å². The molecule has 0 amide bonds. The van der Waals surface area contributed by atoms with Gasteiger partial charge in [-0.05, 0) is 24.3 Å². The number of aromatic nitrogens is 1. The summed E-state index contributed by atoms with van der Waals surface area (Å²) in [4.78, 5) is 6.76. The van der Waals surface area contributed by atoms with E-state index >= 15 is 0 Å². The fourth-order valence-electron chi connectivity index (χ4n) is 1.94. The second-order valence-corrected chi connectivity index (χ2v) is 5.56. The molecule has 0 aliphatic heterocycles. The molecule has 0 unspecified atom stereocenters. The fraction of sp³-hybridized carbons (Fsp3) is 0.188. The quantitative estimate of drug-likeness (QED) is 0.712. The van der Waals surface area contributed by atoms with Gasteiger partial charge in [0.25, 0.3) is 0 Å². The van der Waals surface area contributed by atoms with E-state index in [1.54, 1.807) is 11.3 Å². The Morgan fingerprint density at radius 2 is 1.80 bits per heavy atom. The molecule has 1 aromatic heterocycles. The molecular weight excluding hydrogens is 268 g/mol. The van der Waals surface area contributed by atoms with Crippen LogP contribution in [0.25, 0.3) is 10.2 Å². The molecule has 0 aliphatic carbocycles. The zero-order valence-corrected chi connectivity index (χ0v) is 12.1. The Kier molecular flexibility index (Phi) is 3.83. The molecule has 0 saturated carbocycles. The van der Waals surface area contributed by atoms with Crippen molar-refractivity contribution in [2.45, 2.75) is 0 Å². The summed E-state index contributed by atoms with van der Waals surface area (Å²) in [5.41, 5.74) is 1.06. The first-order valence-corrected chi connectivity index (χ1v) is 7.39. The Hall–Kier alpha value is -2.07. The molecule has 0 bridgehead atoms. The summed E-state index contributed by atoms with van der Waals surface area (Å²) in [6, 6.07) is 18.1. The highest BCUT2D eigenvalue weighted by Crippen LogP contribution is 2.27. The van der Waals surface area contributed by atoms with Crippen molar-refractivity contribution in [3.05, 3.63) is 54.6 Å². The Labute approximate surface area is 122 Å². The molecule has 2 aromatic carbocycles. The maximum atomic E-state index is 5.71. The number of likely N-dealkylation sites (N-methyl/N-ethyl adjacent to an activating group) is 1. The van der Waals surface area contributed by atoms with Crippen molar-refractivity contribution in [1.29, 1.82) is 0 Å². The predicted octanol–water partition coefficient (Wildman–Crippen LogP) is 3.81. The van der Waals surface area contributed by atoms with Gasteiger partial charge in [-0.25, -0.2) is 4.98 Å². The number of hydrogen-bond acceptors (Lipinski definition) is 4. The standard InChI is InChI=1S/C16H16N2OS/c1-18(11-12-19-13-7-3-2-4-8-13)16-17-14-9-5-6-10-15(14)20-16/h2-10H,11-12H2,1H3. The van der Waals surface area contributed by atoms with Crippen molar-refractivity contribution in [1.82, 2.24) is 4.98 Å². The predicted molar refractivity (Wildman–Crippen MR) is 84.8 cm³/mol. The van der Waals surface area contributed by atoms with Crippen LogP contribution in [0.2, 0.25) is 0 Å². The SMILES string of the molecule is CN(CCOc1ccccc1)c1nc2ccccc2s1. The minimum atomic E-state index is 0.649. The number of hydrogen-bond donors (Lipinski definition) is 0. The van der Waals surface area contributed by atoms with E-state index in [2.05, 4.69) is 16.0 Å². The van der Waals surface area contributed by atoms with Gasteiger partial charge in [-0.15, -0.1) is 0 Å². The second kappa shape index (κ2) is 5.92. The summed E-state index contributed by atoms with van der Waals surface area (Å²) in [6.45, 7) is 1.46. The van der Waals surface area contributed by atoms with Crippen LogP contribution in [0.4, 0.5) is 5.13 Å². The molecule has 0 spiro atoms. The molecule has 0 fully saturated rings. The van der Waals surface area contributed by atoms with Crippen molar-refractivity contribution < 1.29 is 4.74 Å². The van der Waals surface area contributed by atoms with E-state index in [0.29, 0.717) is 6.61 Å². The van der Waals surface area contributed by atoms with Crippen molar-refractivity contribution >= 4 is 26.7 Å². The number of para-hydroxylation sites is 2. The number of benzene rings is 2. The van der Waals surface area contributed by atoms with Gasteiger partial charge in [-0.3, -0.25) is 0 Å². The van der Waals surface area contributed by atoms with Crippen LogP contribution in [0.1, 0.15) is 0 Å². The summed E-state index contributed by atoms with van der Waals surface area (Å²) >= 11 is 1.71. The van der Waals surface area contributed by atoms with Gasteiger partial charge in [0.15, 0.2) is 5.13 Å². The third kappa shape index (κ3) is 2.91. The molecular formula is C16H16N2OS. The van der Waals surface area contributed by atoms with Crippen molar-refractivity contribution in [2.24, 2.45) is 0 Å². The number of thiazole rings is 1. The first-order valence-electron chi connectivity index (χ1n) is 6.57. The minimum Gasteiger partial charge on any atom is -0.492 e. The van der Waals surface area contributed by atoms with Gasteiger partial charge in [-0.2, -0.15) is 0 Å². The summed E-state index contributed by atoms with van der Waals surface area (Å²) < 4.78 is 6.93. The monoisotopic (exact) mass is 284 g/mol. The van der Waals surface area contributed by atoms with Crippen LogP contribution < -0.4 is 9.64 Å². The number of rotatable bonds is 5. The summed E-state index contributed by atoms with van der Waals surface area (Å²) in [6.07, 6.45) is 0. The van der Waals surface area contributed by atoms with Gasteiger partial charge in [-0.1, -0.05) is 41.7 Å². The number of ether oxygens (including phenoxy) is 1. The van der Waals surface area contributed by atoms with Gasteiger partial charge in [0.2, 0.25) is 0 Å². The van der Waals surface area contributed by atoms with Crippen LogP contribution in [-0.2, 0) is 0 Å². The van der Waals surface area contributed by atoms with Crippen LogP contribution in [0, 0.1) is 0 Å². The largest absolute Gasteiger partial charge is 0.492 e. The molecule has 0 N–H and O–H groups in total. The first-order chi connectivity index (χ1) is 9.83. The second-order valence-electron chi connectivity index (χ2n) is 4.55. The summed E-state index contributed by atoms with van der Waals surface area (Å²) in [5, 5.41) is 1.03. The highest BCUT2D eigenvalue weighted by atomic mass is 32.1. The van der Waals surface area contributed by atoms with E-state index in [4.69, 9.17) is 4.74 Å². The first kappa shape index (κ1) is 12.9. The average Bonchev–Trinajstić information content (AvgIpc) is 2.92. The van der Waals surface area contributed by atoms with Crippen LogP contribution in [-0.4, -0.2) is 25.2 Å². The van der Waals surface area contributed by atoms with E-state index in [-0.39, 0.29) is 0 Å². The highest BCUT2D eigenvalue weighted by molar-refractivity contribution is 7.22. The van der Waals surface area contributed by atoms with Gasteiger partial charge in [0.1, 0.15) is 12.4 Å². The average molecular weight is 284 g/mol. The van der Waals surface area contributed by atoms with Crippen molar-refractivity contribution in [3.8, 4) is 5.75 Å². The molecule has 102 valence electrons. The van der Waals surface area contributed by atoms with Gasteiger partial charge < -0.3 is 9.64 Å². The highest BCUT2D eigenvalue weighted by Gasteiger charge is 2.07. The lowest BCUT2D eigenvalue weighted by atomic mass is 10.3. The van der Waals surface area contributed by atoms with E-state index in [0.717, 1.165) is 22.9 Å². The van der Waals surface area contributed by atoms with Crippen LogP contribution in [0.5, 0.6) is 5.75 Å². The lowest BCUT2D eigenvalue weighted by Crippen LogP contribution is -2.23. The maximum absolute atomic E-state index is 5.71. The Morgan fingerprint density at radius 1 is 1.05 bits per heavy atom. The lowest BCUT2D eigenvalue weighted by Gasteiger charge is -2.15. The molecule has 0 atom stereocenters. The van der Waals surface area contributed by atoms with Crippen molar-refractivity contribution in [3.63, 3.8) is 0 Å². The molecule has 3 aromatic rings. The van der Waals surface area contributed by atoms with E-state index in [9.17, 15) is 0 Å². The van der Waals surface area contributed by atoms with E-state index in [1.165, 1.54) is 4.70 Å². The molecule has 20 heavy (non-hydrogen) atoms. The minimum absolute atomic E-state index is 0.649. The molecule has 1 heterocycles. The smallest absolute Gasteiger partial charge is 0.186 e. The van der Waals surface area contributed by atoms with Gasteiger partial charge >= 0.3 is 0 Å². The third-order valence-electron chi connectivity index (χ3n) is 3.05. The number of anilines is 1. The van der Waals surface area contributed by atoms with Crippen LogP contribution in [0.3, 0.4) is 0 Å². The van der Waals surface area contributed by atoms with Gasteiger partial charge in [0.05, 0.1) is 16.8 Å². The Bertz CT molecular complexity index is 648. The van der Waals surface area contributed by atoms with E-state index in [1.807, 2.05) is 55.6 Å². The maximum Gasteiger partial charge on any atom is 0.186 e. The van der Waals surface area contributed by atoms with E-state index < -0.39 is 0 Å². The Balaban J connectivity index is 1.60. The normalized spacial score (nSPS) is 10.7. The zero-order valence-electron chi connectivity index (χ0n) is 11.3. The zero-order chi connectivity index (χ0) is 13.8. The molecule has 3 nitrogen and oxygen atoms in total. The Morgan fingerprint density at radius 3 is 2.60 bits per heavy atom. The molecule has 4 heteroatoms. The van der Waals surface area contributed by atoms with Crippen molar-refractivity contribution in [2.75, 3.05) is 25.1 Å². The third-order valence-corrected chi connectivity index (χ3v) is 4.20. The summed E-state index contributed by atoms with van der Waals surface area (Å²) in [7, 11) is 2.05. The fourth-order valence-corrected chi connectivity index (χ4v) is 2.89. The molecule has 3 rings (SSSR count). The van der Waals surface area contributed by atoms with Crippen LogP contribution >= 0.6 is 11.3 Å². The summed E-state index contributed by atoms with van der Waals surface area (Å²) in [5.74, 6) is 0.908. The molecule has 0 radical (unpaired) electrons.